The number of benzene rings is 1. The van der Waals surface area contributed by atoms with Gasteiger partial charge in [-0.1, -0.05) is 25.5 Å². The van der Waals surface area contributed by atoms with E-state index in [4.69, 9.17) is 5.73 Å². The first-order chi connectivity index (χ1) is 9.24. The molecule has 1 unspecified atom stereocenters. The number of hydrogen-bond acceptors (Lipinski definition) is 2. The highest BCUT2D eigenvalue weighted by Crippen LogP contribution is 2.21. The van der Waals surface area contributed by atoms with Crippen LogP contribution in [-0.2, 0) is 6.54 Å². The Hall–Kier alpha value is -1.06. The van der Waals surface area contributed by atoms with Gasteiger partial charge in [-0.2, -0.15) is 0 Å². The minimum atomic E-state index is 0. The summed E-state index contributed by atoms with van der Waals surface area (Å²) >= 11 is 0. The summed E-state index contributed by atoms with van der Waals surface area (Å²) in [5, 5.41) is 0. The first-order valence-corrected chi connectivity index (χ1v) is 7.33. The molecule has 1 fully saturated rings. The molecule has 112 valence electrons. The Bertz CT molecular complexity index is 419. The van der Waals surface area contributed by atoms with Crippen LogP contribution in [0.1, 0.15) is 48.5 Å². The van der Waals surface area contributed by atoms with Gasteiger partial charge in [-0.05, 0) is 42.9 Å². The topological polar surface area (TPSA) is 46.3 Å². The largest absolute Gasteiger partial charge is 0.339 e. The molecule has 0 bridgehead atoms. The number of hydrogen-bond donors (Lipinski definition) is 1. The Morgan fingerprint density at radius 3 is 2.55 bits per heavy atom. The van der Waals surface area contributed by atoms with E-state index in [0.717, 1.165) is 43.0 Å². The van der Waals surface area contributed by atoms with Crippen molar-refractivity contribution in [3.8, 4) is 0 Å². The van der Waals surface area contributed by atoms with E-state index in [9.17, 15) is 4.79 Å². The molecule has 0 aliphatic carbocycles. The van der Waals surface area contributed by atoms with E-state index in [1.807, 2.05) is 29.2 Å². The van der Waals surface area contributed by atoms with Gasteiger partial charge in [0.2, 0.25) is 0 Å². The Morgan fingerprint density at radius 1 is 1.25 bits per heavy atom. The molecule has 3 nitrogen and oxygen atoms in total. The third kappa shape index (κ3) is 4.22. The van der Waals surface area contributed by atoms with Gasteiger partial charge in [0.1, 0.15) is 0 Å². The molecule has 4 heteroatoms. The maximum Gasteiger partial charge on any atom is 0.253 e. The molecular weight excluding hydrogens is 272 g/mol. The lowest BCUT2D eigenvalue weighted by atomic mass is 9.98. The van der Waals surface area contributed by atoms with Crippen LogP contribution in [0.4, 0.5) is 0 Å². The Balaban J connectivity index is 0.00000200. The van der Waals surface area contributed by atoms with Crippen molar-refractivity contribution in [2.24, 2.45) is 11.7 Å². The molecule has 20 heavy (non-hydrogen) atoms. The normalized spacial score (nSPS) is 19.1. The first kappa shape index (κ1) is 17.0. The second-order valence-electron chi connectivity index (χ2n) is 5.40. The molecule has 2 rings (SSSR count). The summed E-state index contributed by atoms with van der Waals surface area (Å²) in [4.78, 5) is 14.4. The molecule has 1 heterocycles. The fourth-order valence-corrected chi connectivity index (χ4v) is 2.74. The quantitative estimate of drug-likeness (QED) is 0.931. The van der Waals surface area contributed by atoms with Crippen LogP contribution in [0.5, 0.6) is 0 Å². The minimum absolute atomic E-state index is 0. The van der Waals surface area contributed by atoms with Crippen LogP contribution >= 0.6 is 12.4 Å². The zero-order chi connectivity index (χ0) is 13.7. The molecule has 2 N–H and O–H groups in total. The fraction of sp³-hybridized carbons (Fsp3) is 0.562. The molecule has 1 aliphatic heterocycles. The third-order valence-electron chi connectivity index (χ3n) is 4.15. The van der Waals surface area contributed by atoms with Gasteiger partial charge in [0.15, 0.2) is 0 Å². The number of amides is 1. The van der Waals surface area contributed by atoms with Crippen LogP contribution in [0.25, 0.3) is 0 Å². The van der Waals surface area contributed by atoms with Crippen LogP contribution < -0.4 is 5.73 Å². The predicted molar refractivity (Wildman–Crippen MR) is 85.1 cm³/mol. The van der Waals surface area contributed by atoms with Gasteiger partial charge in [0.25, 0.3) is 5.91 Å². The smallest absolute Gasteiger partial charge is 0.253 e. The highest BCUT2D eigenvalue weighted by molar-refractivity contribution is 5.94. The number of carbonyl (C=O) groups excluding carboxylic acids is 1. The van der Waals surface area contributed by atoms with E-state index in [0.29, 0.717) is 6.54 Å². The summed E-state index contributed by atoms with van der Waals surface area (Å²) in [7, 11) is 0. The van der Waals surface area contributed by atoms with E-state index in [2.05, 4.69) is 6.92 Å². The molecule has 0 spiro atoms. The molecular formula is C16H25ClN2O. The number of carbonyl (C=O) groups is 1. The van der Waals surface area contributed by atoms with Crippen molar-refractivity contribution in [2.75, 3.05) is 13.1 Å². The van der Waals surface area contributed by atoms with Gasteiger partial charge in [-0.3, -0.25) is 4.79 Å². The summed E-state index contributed by atoms with van der Waals surface area (Å²) in [5.74, 6) is 0.956. The van der Waals surface area contributed by atoms with Crippen molar-refractivity contribution in [1.29, 1.82) is 0 Å². The number of halogens is 1. The Morgan fingerprint density at radius 2 is 1.95 bits per heavy atom. The van der Waals surface area contributed by atoms with E-state index < -0.39 is 0 Å². The lowest BCUT2D eigenvalue weighted by Crippen LogP contribution is -2.32. The van der Waals surface area contributed by atoms with E-state index >= 15 is 0 Å². The number of rotatable bonds is 3. The monoisotopic (exact) mass is 296 g/mol. The molecule has 1 amide bonds. The SMILES string of the molecule is CCC1CCCN(C(=O)c2ccc(CN)cc2)CC1.Cl. The Labute approximate surface area is 127 Å². The van der Waals surface area contributed by atoms with Crippen molar-refractivity contribution < 1.29 is 4.79 Å². The summed E-state index contributed by atoms with van der Waals surface area (Å²) < 4.78 is 0. The second kappa shape index (κ2) is 8.28. The van der Waals surface area contributed by atoms with E-state index in [-0.39, 0.29) is 18.3 Å². The molecule has 1 aliphatic rings. The zero-order valence-corrected chi connectivity index (χ0v) is 13.0. The van der Waals surface area contributed by atoms with Crippen LogP contribution in [0.2, 0.25) is 0 Å². The second-order valence-corrected chi connectivity index (χ2v) is 5.40. The van der Waals surface area contributed by atoms with Gasteiger partial charge in [-0.15, -0.1) is 12.4 Å². The van der Waals surface area contributed by atoms with Crippen LogP contribution in [-0.4, -0.2) is 23.9 Å². The summed E-state index contributed by atoms with van der Waals surface area (Å²) in [6.45, 7) is 4.56. The van der Waals surface area contributed by atoms with Crippen molar-refractivity contribution in [2.45, 2.75) is 39.2 Å². The third-order valence-corrected chi connectivity index (χ3v) is 4.15. The summed E-state index contributed by atoms with van der Waals surface area (Å²) in [5.41, 5.74) is 7.43. The number of likely N-dealkylation sites (tertiary alicyclic amines) is 1. The standard InChI is InChI=1S/C16H24N2O.ClH/c1-2-13-4-3-10-18(11-9-13)16(19)15-7-5-14(12-17)6-8-15;/h5-8,13H,2-4,9-12,17H2,1H3;1H. The highest BCUT2D eigenvalue weighted by Gasteiger charge is 2.20. The molecule has 0 aromatic heterocycles. The van der Waals surface area contributed by atoms with Crippen LogP contribution in [0.3, 0.4) is 0 Å². The van der Waals surface area contributed by atoms with Crippen LogP contribution in [0.15, 0.2) is 24.3 Å². The minimum Gasteiger partial charge on any atom is -0.339 e. The molecule has 0 saturated carbocycles. The lowest BCUT2D eigenvalue weighted by molar-refractivity contribution is 0.0760. The summed E-state index contributed by atoms with van der Waals surface area (Å²) in [6.07, 6.45) is 4.76. The maximum atomic E-state index is 12.4. The number of nitrogens with zero attached hydrogens (tertiary/aromatic N) is 1. The summed E-state index contributed by atoms with van der Waals surface area (Å²) in [6, 6.07) is 7.68. The van der Waals surface area contributed by atoms with Crippen molar-refractivity contribution >= 4 is 18.3 Å². The highest BCUT2D eigenvalue weighted by atomic mass is 35.5. The van der Waals surface area contributed by atoms with Gasteiger partial charge in [0.05, 0.1) is 0 Å². The average Bonchev–Trinajstić information content (AvgIpc) is 2.72. The average molecular weight is 297 g/mol. The van der Waals surface area contributed by atoms with Crippen LogP contribution in [0, 0.1) is 5.92 Å². The lowest BCUT2D eigenvalue weighted by Gasteiger charge is -2.20. The van der Waals surface area contributed by atoms with E-state index in [1.165, 1.54) is 12.8 Å². The maximum absolute atomic E-state index is 12.4. The van der Waals surface area contributed by atoms with Crippen molar-refractivity contribution in [1.82, 2.24) is 4.90 Å². The predicted octanol–water partition coefficient (Wildman–Crippen LogP) is 3.22. The Kier molecular flexibility index (Phi) is 7.03. The molecule has 0 radical (unpaired) electrons. The van der Waals surface area contributed by atoms with Gasteiger partial charge in [-0.25, -0.2) is 0 Å². The van der Waals surface area contributed by atoms with Gasteiger partial charge >= 0.3 is 0 Å². The molecule has 1 aromatic rings. The molecule has 1 aromatic carbocycles. The number of nitrogens with two attached hydrogens (primary N) is 1. The first-order valence-electron chi connectivity index (χ1n) is 7.33. The zero-order valence-electron chi connectivity index (χ0n) is 12.2. The van der Waals surface area contributed by atoms with Crippen molar-refractivity contribution in [3.63, 3.8) is 0 Å². The molecule has 1 saturated heterocycles. The fourth-order valence-electron chi connectivity index (χ4n) is 2.74. The van der Waals surface area contributed by atoms with Gasteiger partial charge < -0.3 is 10.6 Å². The van der Waals surface area contributed by atoms with E-state index in [1.54, 1.807) is 0 Å². The van der Waals surface area contributed by atoms with Crippen molar-refractivity contribution in [3.05, 3.63) is 35.4 Å². The molecule has 1 atom stereocenters. The van der Waals surface area contributed by atoms with Gasteiger partial charge in [0, 0.05) is 25.2 Å².